The van der Waals surface area contributed by atoms with Gasteiger partial charge < -0.3 is 10.1 Å². The molecule has 1 N–H and O–H groups in total. The smallest absolute Gasteiger partial charge is 0.338 e. The largest absolute Gasteiger partial charge is 0.462 e. The van der Waals surface area contributed by atoms with Gasteiger partial charge in [0.2, 0.25) is 0 Å². The van der Waals surface area contributed by atoms with Crippen LogP contribution in [-0.2, 0) is 11.3 Å². The zero-order valence-corrected chi connectivity index (χ0v) is 15.6. The highest BCUT2D eigenvalue weighted by molar-refractivity contribution is 9.10. The van der Waals surface area contributed by atoms with Gasteiger partial charge in [-0.05, 0) is 49.2 Å². The van der Waals surface area contributed by atoms with Gasteiger partial charge in [-0.15, -0.1) is 12.4 Å². The minimum absolute atomic E-state index is 0. The Labute approximate surface area is 152 Å². The minimum atomic E-state index is -0.273. The topological polar surface area (TPSA) is 38.3 Å². The van der Waals surface area contributed by atoms with Gasteiger partial charge in [-0.2, -0.15) is 0 Å². The Morgan fingerprint density at radius 1 is 1.13 bits per heavy atom. The van der Waals surface area contributed by atoms with Gasteiger partial charge in [-0.3, -0.25) is 0 Å². The molecule has 0 radical (unpaired) electrons. The third-order valence-corrected chi connectivity index (χ3v) is 3.98. The Balaban J connectivity index is 0.00000264. The highest BCUT2D eigenvalue weighted by Gasteiger charge is 2.07. The van der Waals surface area contributed by atoms with Crippen LogP contribution in [0.1, 0.15) is 41.4 Å². The monoisotopic (exact) mass is 397 g/mol. The minimum Gasteiger partial charge on any atom is -0.462 e. The summed E-state index contributed by atoms with van der Waals surface area (Å²) in [5.74, 6) is -0.273. The van der Waals surface area contributed by atoms with Crippen molar-refractivity contribution in [3.05, 3.63) is 69.7 Å². The van der Waals surface area contributed by atoms with Crippen molar-refractivity contribution < 1.29 is 9.53 Å². The van der Waals surface area contributed by atoms with Crippen LogP contribution in [0.25, 0.3) is 0 Å². The molecule has 2 aromatic carbocycles. The van der Waals surface area contributed by atoms with E-state index in [4.69, 9.17) is 4.74 Å². The van der Waals surface area contributed by atoms with Crippen molar-refractivity contribution >= 4 is 34.3 Å². The molecule has 0 spiro atoms. The first-order valence-corrected chi connectivity index (χ1v) is 8.14. The normalized spacial score (nSPS) is 11.4. The maximum Gasteiger partial charge on any atom is 0.338 e. The van der Waals surface area contributed by atoms with Crippen molar-refractivity contribution in [3.8, 4) is 0 Å². The van der Waals surface area contributed by atoms with Gasteiger partial charge in [0.05, 0.1) is 12.2 Å². The van der Waals surface area contributed by atoms with E-state index in [1.807, 2.05) is 24.3 Å². The molecule has 1 atom stereocenters. The molecule has 0 saturated carbocycles. The Morgan fingerprint density at radius 2 is 1.74 bits per heavy atom. The second-order valence-electron chi connectivity index (χ2n) is 5.07. The van der Waals surface area contributed by atoms with Gasteiger partial charge in [0.25, 0.3) is 0 Å². The second-order valence-corrected chi connectivity index (χ2v) is 5.99. The van der Waals surface area contributed by atoms with E-state index >= 15 is 0 Å². The number of carbonyl (C=O) groups is 1. The highest BCUT2D eigenvalue weighted by Crippen LogP contribution is 2.17. The van der Waals surface area contributed by atoms with Gasteiger partial charge in [0, 0.05) is 17.1 Å². The van der Waals surface area contributed by atoms with Crippen molar-refractivity contribution in [3.63, 3.8) is 0 Å². The number of benzene rings is 2. The van der Waals surface area contributed by atoms with Crippen LogP contribution in [0.2, 0.25) is 0 Å². The number of carbonyl (C=O) groups excluding carboxylic acids is 1. The predicted molar refractivity (Wildman–Crippen MR) is 99.0 cm³/mol. The maximum atomic E-state index is 11.6. The third kappa shape index (κ3) is 5.98. The lowest BCUT2D eigenvalue weighted by Crippen LogP contribution is -2.18. The summed E-state index contributed by atoms with van der Waals surface area (Å²) in [7, 11) is 0. The molecule has 0 fully saturated rings. The van der Waals surface area contributed by atoms with Crippen LogP contribution in [0.15, 0.2) is 53.0 Å². The van der Waals surface area contributed by atoms with Gasteiger partial charge in [-0.25, -0.2) is 4.79 Å². The van der Waals surface area contributed by atoms with Crippen molar-refractivity contribution in [1.82, 2.24) is 5.32 Å². The molecule has 0 amide bonds. The van der Waals surface area contributed by atoms with E-state index in [9.17, 15) is 4.79 Å². The van der Waals surface area contributed by atoms with E-state index in [0.29, 0.717) is 12.2 Å². The van der Waals surface area contributed by atoms with Crippen LogP contribution >= 0.6 is 28.3 Å². The van der Waals surface area contributed by atoms with Crippen LogP contribution in [0.5, 0.6) is 0 Å². The Hall–Kier alpha value is -1.36. The zero-order chi connectivity index (χ0) is 15.9. The van der Waals surface area contributed by atoms with Crippen molar-refractivity contribution in [2.75, 3.05) is 6.61 Å². The Kier molecular flexibility index (Phi) is 8.31. The number of hydrogen-bond donors (Lipinski definition) is 1. The van der Waals surface area contributed by atoms with Crippen LogP contribution in [0, 0.1) is 0 Å². The van der Waals surface area contributed by atoms with Crippen molar-refractivity contribution in [2.45, 2.75) is 26.4 Å². The predicted octanol–water partition coefficient (Wildman–Crippen LogP) is 4.90. The first-order valence-electron chi connectivity index (χ1n) is 7.35. The third-order valence-electron chi connectivity index (χ3n) is 3.45. The van der Waals surface area contributed by atoms with E-state index < -0.39 is 0 Å². The number of hydrogen-bond acceptors (Lipinski definition) is 3. The summed E-state index contributed by atoms with van der Waals surface area (Å²) in [6.45, 7) is 5.09. The molecule has 23 heavy (non-hydrogen) atoms. The summed E-state index contributed by atoms with van der Waals surface area (Å²) in [6, 6.07) is 16.1. The fraction of sp³-hybridized carbons (Fsp3) is 0.278. The summed E-state index contributed by atoms with van der Waals surface area (Å²) in [4.78, 5) is 11.6. The Bertz CT molecular complexity index is 614. The van der Waals surface area contributed by atoms with Crippen LogP contribution in [0.4, 0.5) is 0 Å². The lowest BCUT2D eigenvalue weighted by Gasteiger charge is -2.14. The number of rotatable bonds is 6. The SMILES string of the molecule is CCOC(=O)c1ccc(CN[C@@H](C)c2ccc(Br)cc2)cc1.Cl. The summed E-state index contributed by atoms with van der Waals surface area (Å²) in [5.41, 5.74) is 2.97. The molecule has 0 aliphatic heterocycles. The molecule has 3 nitrogen and oxygen atoms in total. The average molecular weight is 399 g/mol. The van der Waals surface area contributed by atoms with E-state index in [1.54, 1.807) is 19.1 Å². The van der Waals surface area contributed by atoms with Crippen LogP contribution in [0.3, 0.4) is 0 Å². The van der Waals surface area contributed by atoms with Crippen LogP contribution in [-0.4, -0.2) is 12.6 Å². The molecule has 2 rings (SSSR count). The van der Waals surface area contributed by atoms with Gasteiger partial charge in [0.1, 0.15) is 0 Å². The standard InChI is InChI=1S/C18H20BrNO2.ClH/c1-3-22-18(21)16-6-4-14(5-7-16)12-20-13(2)15-8-10-17(19)11-9-15;/h4-11,13,20H,3,12H2,1-2H3;1H/t13-;/m0./s1. The average Bonchev–Trinajstić information content (AvgIpc) is 2.54. The lowest BCUT2D eigenvalue weighted by atomic mass is 10.1. The Morgan fingerprint density at radius 3 is 2.30 bits per heavy atom. The summed E-state index contributed by atoms with van der Waals surface area (Å²) < 4.78 is 6.06. The van der Waals surface area contributed by atoms with Gasteiger partial charge >= 0.3 is 5.97 Å². The zero-order valence-electron chi connectivity index (χ0n) is 13.2. The molecule has 0 aliphatic rings. The van der Waals surface area contributed by atoms with Gasteiger partial charge in [-0.1, -0.05) is 40.2 Å². The molecule has 5 heteroatoms. The summed E-state index contributed by atoms with van der Waals surface area (Å²) in [6.07, 6.45) is 0. The van der Waals surface area contributed by atoms with Crippen LogP contribution < -0.4 is 5.32 Å². The number of halogens is 2. The number of ether oxygens (including phenoxy) is 1. The highest BCUT2D eigenvalue weighted by atomic mass is 79.9. The van der Waals surface area contributed by atoms with Crippen molar-refractivity contribution in [2.24, 2.45) is 0 Å². The summed E-state index contributed by atoms with van der Waals surface area (Å²) >= 11 is 3.44. The molecular formula is C18H21BrClNO2. The summed E-state index contributed by atoms with van der Waals surface area (Å²) in [5, 5.41) is 3.48. The molecule has 124 valence electrons. The maximum absolute atomic E-state index is 11.6. The molecule has 2 aromatic rings. The molecule has 0 heterocycles. The van der Waals surface area contributed by atoms with Gasteiger partial charge in [0.15, 0.2) is 0 Å². The molecule has 0 saturated heterocycles. The fourth-order valence-corrected chi connectivity index (χ4v) is 2.38. The van der Waals surface area contributed by atoms with E-state index in [1.165, 1.54) is 5.56 Å². The van der Waals surface area contributed by atoms with Crippen molar-refractivity contribution in [1.29, 1.82) is 0 Å². The number of esters is 1. The molecule has 0 unspecified atom stereocenters. The fourth-order valence-electron chi connectivity index (χ4n) is 2.11. The first kappa shape index (κ1) is 19.7. The molecule has 0 aliphatic carbocycles. The molecule has 0 bridgehead atoms. The van der Waals surface area contributed by atoms with E-state index in [2.05, 4.69) is 40.3 Å². The molecular weight excluding hydrogens is 378 g/mol. The quantitative estimate of drug-likeness (QED) is 0.703. The van der Waals surface area contributed by atoms with E-state index in [-0.39, 0.29) is 24.4 Å². The molecule has 0 aromatic heterocycles. The number of nitrogens with one attached hydrogen (secondary N) is 1. The first-order chi connectivity index (χ1) is 10.6. The lowest BCUT2D eigenvalue weighted by molar-refractivity contribution is 0.0526. The van der Waals surface area contributed by atoms with E-state index in [0.717, 1.165) is 16.6 Å². The second kappa shape index (κ2) is 9.71.